The van der Waals surface area contributed by atoms with Crippen molar-refractivity contribution < 1.29 is 9.53 Å². The summed E-state index contributed by atoms with van der Waals surface area (Å²) in [5, 5.41) is 3.49. The highest BCUT2D eigenvalue weighted by Crippen LogP contribution is 2.29. The van der Waals surface area contributed by atoms with Crippen molar-refractivity contribution in [3.05, 3.63) is 71.3 Å². The topological polar surface area (TPSA) is 38.3 Å². The zero-order valence-electron chi connectivity index (χ0n) is 13.7. The number of hydrogen-bond donors (Lipinski definition) is 1. The van der Waals surface area contributed by atoms with Gasteiger partial charge in [-0.1, -0.05) is 24.3 Å². The molecule has 0 amide bonds. The molecule has 3 nitrogen and oxygen atoms in total. The maximum Gasteiger partial charge on any atom is 0.187 e. The van der Waals surface area contributed by atoms with Crippen LogP contribution in [0.3, 0.4) is 0 Å². The molecule has 0 atom stereocenters. The van der Waals surface area contributed by atoms with Gasteiger partial charge in [-0.25, -0.2) is 0 Å². The number of benzene rings is 2. The van der Waals surface area contributed by atoms with E-state index in [9.17, 15) is 4.79 Å². The van der Waals surface area contributed by atoms with Crippen LogP contribution in [0.5, 0.6) is 5.75 Å². The summed E-state index contributed by atoms with van der Waals surface area (Å²) in [6, 6.07) is 15.4. The van der Waals surface area contributed by atoms with E-state index in [2.05, 4.69) is 31.3 Å². The van der Waals surface area contributed by atoms with Crippen LogP contribution in [0.15, 0.2) is 54.6 Å². The summed E-state index contributed by atoms with van der Waals surface area (Å²) < 4.78 is 5.13. The fraction of sp³-hybridized carbons (Fsp3) is 0.250. The Morgan fingerprint density at radius 2 is 1.83 bits per heavy atom. The Labute approximate surface area is 137 Å². The van der Waals surface area contributed by atoms with Gasteiger partial charge in [0.15, 0.2) is 5.78 Å². The molecular formula is C20H21NO2. The average molecular weight is 307 g/mol. The number of rotatable bonds is 3. The van der Waals surface area contributed by atoms with E-state index < -0.39 is 0 Å². The van der Waals surface area contributed by atoms with Gasteiger partial charge in [-0.15, -0.1) is 0 Å². The molecule has 1 heterocycles. The van der Waals surface area contributed by atoms with Crippen LogP contribution in [0.1, 0.15) is 35.3 Å². The van der Waals surface area contributed by atoms with Crippen molar-refractivity contribution in [1.29, 1.82) is 0 Å². The van der Waals surface area contributed by atoms with Crippen molar-refractivity contribution >= 4 is 11.5 Å². The Kier molecular flexibility index (Phi) is 3.95. The second-order valence-corrected chi connectivity index (χ2v) is 6.49. The standard InChI is InChI=1S/C20H21NO2/c1-20(2)13-15-6-4-5-7-17(15)18(21-20)12-19(22)14-8-10-16(23-3)11-9-14/h4-12,21H,13H2,1-3H3. The first-order chi connectivity index (χ1) is 11.0. The number of ether oxygens (including phenoxy) is 1. The number of nitrogens with one attached hydrogen (secondary N) is 1. The lowest BCUT2D eigenvalue weighted by Gasteiger charge is -2.35. The summed E-state index contributed by atoms with van der Waals surface area (Å²) in [4.78, 5) is 12.6. The van der Waals surface area contributed by atoms with E-state index >= 15 is 0 Å². The van der Waals surface area contributed by atoms with Gasteiger partial charge in [0.1, 0.15) is 5.75 Å². The molecule has 118 valence electrons. The molecule has 1 aliphatic rings. The minimum atomic E-state index is -0.0691. The monoisotopic (exact) mass is 307 g/mol. The van der Waals surface area contributed by atoms with Gasteiger partial charge >= 0.3 is 0 Å². The SMILES string of the molecule is COc1ccc(C(=O)C=C2NC(C)(C)Cc3ccccc32)cc1. The largest absolute Gasteiger partial charge is 0.497 e. The Hall–Kier alpha value is -2.55. The summed E-state index contributed by atoms with van der Waals surface area (Å²) in [6.07, 6.45) is 2.64. The van der Waals surface area contributed by atoms with Crippen molar-refractivity contribution in [2.24, 2.45) is 0 Å². The van der Waals surface area contributed by atoms with E-state index in [-0.39, 0.29) is 11.3 Å². The van der Waals surface area contributed by atoms with Gasteiger partial charge in [0.25, 0.3) is 0 Å². The quantitative estimate of drug-likeness (QED) is 0.691. The first kappa shape index (κ1) is 15.3. The first-order valence-corrected chi connectivity index (χ1v) is 7.75. The van der Waals surface area contributed by atoms with Crippen LogP contribution in [0.4, 0.5) is 0 Å². The maximum atomic E-state index is 12.6. The number of methoxy groups -OCH3 is 1. The Morgan fingerprint density at radius 1 is 1.13 bits per heavy atom. The highest BCUT2D eigenvalue weighted by molar-refractivity contribution is 6.08. The predicted octanol–water partition coefficient (Wildman–Crippen LogP) is 3.84. The number of hydrogen-bond acceptors (Lipinski definition) is 3. The molecule has 0 saturated carbocycles. The van der Waals surface area contributed by atoms with E-state index in [1.165, 1.54) is 5.56 Å². The van der Waals surface area contributed by atoms with Gasteiger partial charge in [-0.3, -0.25) is 4.79 Å². The van der Waals surface area contributed by atoms with Crippen molar-refractivity contribution in [2.75, 3.05) is 7.11 Å². The van der Waals surface area contributed by atoms with Crippen molar-refractivity contribution in [3.8, 4) is 5.75 Å². The number of fused-ring (bicyclic) bond motifs is 1. The van der Waals surface area contributed by atoms with E-state index in [4.69, 9.17) is 4.74 Å². The van der Waals surface area contributed by atoms with Crippen LogP contribution >= 0.6 is 0 Å². The predicted molar refractivity (Wildman–Crippen MR) is 92.7 cm³/mol. The third-order valence-corrected chi connectivity index (χ3v) is 4.06. The zero-order valence-corrected chi connectivity index (χ0v) is 13.7. The van der Waals surface area contributed by atoms with Gasteiger partial charge in [0, 0.05) is 28.4 Å². The molecule has 1 N–H and O–H groups in total. The van der Waals surface area contributed by atoms with Crippen LogP contribution < -0.4 is 10.1 Å². The van der Waals surface area contributed by atoms with Crippen molar-refractivity contribution in [3.63, 3.8) is 0 Å². The minimum absolute atomic E-state index is 0.0114. The summed E-state index contributed by atoms with van der Waals surface area (Å²) >= 11 is 0. The third kappa shape index (κ3) is 3.29. The number of carbonyl (C=O) groups is 1. The summed E-state index contributed by atoms with van der Waals surface area (Å²) in [6.45, 7) is 4.29. The molecule has 0 aromatic heterocycles. The van der Waals surface area contributed by atoms with Crippen LogP contribution in [0.2, 0.25) is 0 Å². The molecule has 0 fully saturated rings. The molecule has 1 aliphatic heterocycles. The van der Waals surface area contributed by atoms with E-state index in [0.717, 1.165) is 23.4 Å². The first-order valence-electron chi connectivity index (χ1n) is 7.75. The molecule has 2 aromatic rings. The molecule has 0 unspecified atom stereocenters. The molecule has 0 saturated heterocycles. The van der Waals surface area contributed by atoms with Crippen LogP contribution in [0.25, 0.3) is 5.70 Å². The second kappa shape index (κ2) is 5.92. The fourth-order valence-electron chi connectivity index (χ4n) is 2.97. The molecule has 0 aliphatic carbocycles. The summed E-state index contributed by atoms with van der Waals surface area (Å²) in [5.41, 5.74) is 3.85. The van der Waals surface area contributed by atoms with Crippen molar-refractivity contribution in [2.45, 2.75) is 25.8 Å². The lowest BCUT2D eigenvalue weighted by Crippen LogP contribution is -2.43. The Morgan fingerprint density at radius 3 is 2.52 bits per heavy atom. The molecule has 0 radical (unpaired) electrons. The molecule has 3 heteroatoms. The molecule has 0 bridgehead atoms. The minimum Gasteiger partial charge on any atom is -0.497 e. The van der Waals surface area contributed by atoms with E-state index in [1.807, 2.05) is 12.1 Å². The maximum absolute atomic E-state index is 12.6. The van der Waals surface area contributed by atoms with E-state index in [0.29, 0.717) is 5.56 Å². The van der Waals surface area contributed by atoms with Gasteiger partial charge in [-0.2, -0.15) is 0 Å². The number of carbonyl (C=O) groups excluding carboxylic acids is 1. The zero-order chi connectivity index (χ0) is 16.4. The summed E-state index contributed by atoms with van der Waals surface area (Å²) in [7, 11) is 1.61. The van der Waals surface area contributed by atoms with Gasteiger partial charge in [-0.05, 0) is 50.1 Å². The van der Waals surface area contributed by atoms with Crippen LogP contribution in [-0.2, 0) is 6.42 Å². The van der Waals surface area contributed by atoms with E-state index in [1.54, 1.807) is 37.5 Å². The van der Waals surface area contributed by atoms with Crippen molar-refractivity contribution in [1.82, 2.24) is 5.32 Å². The number of ketones is 1. The van der Waals surface area contributed by atoms with Crippen LogP contribution in [-0.4, -0.2) is 18.4 Å². The Bertz CT molecular complexity index is 757. The lowest BCUT2D eigenvalue weighted by atomic mass is 9.85. The highest BCUT2D eigenvalue weighted by atomic mass is 16.5. The van der Waals surface area contributed by atoms with Gasteiger partial charge in [0.2, 0.25) is 0 Å². The molecule has 3 rings (SSSR count). The third-order valence-electron chi connectivity index (χ3n) is 4.06. The van der Waals surface area contributed by atoms with Crippen LogP contribution in [0, 0.1) is 0 Å². The highest BCUT2D eigenvalue weighted by Gasteiger charge is 2.27. The smallest absolute Gasteiger partial charge is 0.187 e. The molecular weight excluding hydrogens is 286 g/mol. The second-order valence-electron chi connectivity index (χ2n) is 6.49. The Balaban J connectivity index is 1.95. The normalized spacial score (nSPS) is 17.3. The fourth-order valence-corrected chi connectivity index (χ4v) is 2.97. The van der Waals surface area contributed by atoms with Gasteiger partial charge < -0.3 is 10.1 Å². The lowest BCUT2D eigenvalue weighted by molar-refractivity contribution is 0.104. The molecule has 23 heavy (non-hydrogen) atoms. The summed E-state index contributed by atoms with van der Waals surface area (Å²) in [5.74, 6) is 0.735. The van der Waals surface area contributed by atoms with Gasteiger partial charge in [0.05, 0.1) is 7.11 Å². The average Bonchev–Trinajstić information content (AvgIpc) is 2.54. The molecule has 0 spiro atoms. The number of allylic oxidation sites excluding steroid dienone is 1. The molecule has 2 aromatic carbocycles.